The molecular weight excluding hydrogens is 290 g/mol. The summed E-state index contributed by atoms with van der Waals surface area (Å²) in [4.78, 5) is 22.0. The molecule has 1 fully saturated rings. The van der Waals surface area contributed by atoms with Gasteiger partial charge in [-0.2, -0.15) is 0 Å². The maximum Gasteiger partial charge on any atom is 0.214 e. The summed E-state index contributed by atoms with van der Waals surface area (Å²) < 4.78 is 0. The first-order chi connectivity index (χ1) is 11.3. The van der Waals surface area contributed by atoms with Gasteiger partial charge in [-0.1, -0.05) is 12.8 Å². The number of carbonyl (C=O) groups excluding carboxylic acids is 1. The molecule has 0 saturated heterocycles. The Bertz CT molecular complexity index is 655. The molecule has 0 radical (unpaired) electrons. The first kappa shape index (κ1) is 15.3. The van der Waals surface area contributed by atoms with E-state index in [0.717, 1.165) is 36.3 Å². The SMILES string of the molecule is CNc1cnc(Nc2cccnc2)cc1N(C=O)C1CCCC1. The first-order valence-electron chi connectivity index (χ1n) is 7.90. The van der Waals surface area contributed by atoms with Gasteiger partial charge in [0.25, 0.3) is 0 Å². The van der Waals surface area contributed by atoms with Crippen molar-refractivity contribution < 1.29 is 4.79 Å². The summed E-state index contributed by atoms with van der Waals surface area (Å²) in [6.45, 7) is 0. The number of rotatable bonds is 6. The number of amides is 1. The fourth-order valence-corrected chi connectivity index (χ4v) is 3.03. The highest BCUT2D eigenvalue weighted by Crippen LogP contribution is 2.33. The van der Waals surface area contributed by atoms with Crippen molar-refractivity contribution in [3.8, 4) is 0 Å². The summed E-state index contributed by atoms with van der Waals surface area (Å²) in [6, 6.07) is 5.97. The van der Waals surface area contributed by atoms with Crippen LogP contribution in [0.25, 0.3) is 0 Å². The summed E-state index contributed by atoms with van der Waals surface area (Å²) in [7, 11) is 1.84. The lowest BCUT2D eigenvalue weighted by Gasteiger charge is -2.27. The van der Waals surface area contributed by atoms with Gasteiger partial charge in [-0.25, -0.2) is 4.98 Å². The second-order valence-corrected chi connectivity index (χ2v) is 5.65. The molecule has 0 unspecified atom stereocenters. The molecule has 1 aliphatic carbocycles. The van der Waals surface area contributed by atoms with Crippen LogP contribution in [0.4, 0.5) is 22.9 Å². The van der Waals surface area contributed by atoms with E-state index in [-0.39, 0.29) is 6.04 Å². The summed E-state index contributed by atoms with van der Waals surface area (Å²) in [6.07, 6.45) is 10.6. The zero-order chi connectivity index (χ0) is 16.1. The number of hydrogen-bond acceptors (Lipinski definition) is 5. The Morgan fingerprint density at radius 1 is 1.30 bits per heavy atom. The molecule has 6 nitrogen and oxygen atoms in total. The van der Waals surface area contributed by atoms with Crippen molar-refractivity contribution >= 4 is 29.3 Å². The summed E-state index contributed by atoms with van der Waals surface area (Å²) in [5.41, 5.74) is 2.57. The van der Waals surface area contributed by atoms with Crippen LogP contribution in [0.1, 0.15) is 25.7 Å². The number of anilines is 4. The highest BCUT2D eigenvalue weighted by atomic mass is 16.1. The smallest absolute Gasteiger partial charge is 0.214 e. The van der Waals surface area contributed by atoms with Gasteiger partial charge in [0.15, 0.2) is 0 Å². The van der Waals surface area contributed by atoms with Crippen molar-refractivity contribution in [1.82, 2.24) is 9.97 Å². The minimum atomic E-state index is 0.272. The molecule has 0 bridgehead atoms. The van der Waals surface area contributed by atoms with E-state index in [0.29, 0.717) is 5.82 Å². The van der Waals surface area contributed by atoms with Gasteiger partial charge < -0.3 is 15.5 Å². The van der Waals surface area contributed by atoms with Crippen molar-refractivity contribution in [3.63, 3.8) is 0 Å². The average Bonchev–Trinajstić information content (AvgIpc) is 3.11. The number of carbonyl (C=O) groups is 1. The van der Waals surface area contributed by atoms with E-state index in [1.807, 2.05) is 30.1 Å². The molecule has 1 aliphatic rings. The quantitative estimate of drug-likeness (QED) is 0.802. The normalized spacial score (nSPS) is 14.5. The number of nitrogens with zero attached hydrogens (tertiary/aromatic N) is 3. The van der Waals surface area contributed by atoms with Crippen molar-refractivity contribution in [2.75, 3.05) is 22.6 Å². The number of hydrogen-bond donors (Lipinski definition) is 2. The summed E-state index contributed by atoms with van der Waals surface area (Å²) in [5, 5.41) is 6.34. The molecule has 2 N–H and O–H groups in total. The maximum atomic E-state index is 11.7. The van der Waals surface area contributed by atoms with E-state index in [9.17, 15) is 4.79 Å². The van der Waals surface area contributed by atoms with Crippen molar-refractivity contribution in [2.45, 2.75) is 31.7 Å². The fourth-order valence-electron chi connectivity index (χ4n) is 3.03. The minimum Gasteiger partial charge on any atom is -0.385 e. The van der Waals surface area contributed by atoms with E-state index in [1.165, 1.54) is 12.8 Å². The summed E-state index contributed by atoms with van der Waals surface area (Å²) in [5.74, 6) is 0.692. The van der Waals surface area contributed by atoms with Crippen LogP contribution in [0.2, 0.25) is 0 Å². The lowest BCUT2D eigenvalue weighted by molar-refractivity contribution is -0.107. The van der Waals surface area contributed by atoms with Crippen LogP contribution in [0.15, 0.2) is 36.8 Å². The van der Waals surface area contributed by atoms with Crippen molar-refractivity contribution in [2.24, 2.45) is 0 Å². The van der Waals surface area contributed by atoms with Crippen LogP contribution in [0, 0.1) is 0 Å². The van der Waals surface area contributed by atoms with Crippen LogP contribution < -0.4 is 15.5 Å². The lowest BCUT2D eigenvalue weighted by atomic mass is 10.2. The van der Waals surface area contributed by atoms with E-state index in [1.54, 1.807) is 18.6 Å². The molecule has 1 saturated carbocycles. The predicted octanol–water partition coefficient (Wildman–Crippen LogP) is 3.17. The van der Waals surface area contributed by atoms with E-state index in [2.05, 4.69) is 20.6 Å². The highest BCUT2D eigenvalue weighted by Gasteiger charge is 2.24. The van der Waals surface area contributed by atoms with Crippen LogP contribution >= 0.6 is 0 Å². The molecule has 23 heavy (non-hydrogen) atoms. The maximum absolute atomic E-state index is 11.7. The Balaban J connectivity index is 1.90. The standard InChI is InChI=1S/C17H21N5O/c1-18-15-11-20-17(21-13-5-4-8-19-10-13)9-16(15)22(12-23)14-6-2-3-7-14/h4-5,8-12,14,18H,2-3,6-7H2,1H3,(H,20,21). The largest absolute Gasteiger partial charge is 0.385 e. The van der Waals surface area contributed by atoms with Crippen LogP contribution in [-0.2, 0) is 4.79 Å². The number of pyridine rings is 2. The lowest BCUT2D eigenvalue weighted by Crippen LogP contribution is -2.32. The third kappa shape index (κ3) is 3.41. The molecule has 2 aromatic heterocycles. The Labute approximate surface area is 135 Å². The van der Waals surface area contributed by atoms with E-state index < -0.39 is 0 Å². The van der Waals surface area contributed by atoms with Gasteiger partial charge in [-0.05, 0) is 25.0 Å². The van der Waals surface area contributed by atoms with Gasteiger partial charge >= 0.3 is 0 Å². The Morgan fingerprint density at radius 2 is 2.13 bits per heavy atom. The number of nitrogens with one attached hydrogen (secondary N) is 2. The van der Waals surface area contributed by atoms with Crippen LogP contribution in [-0.4, -0.2) is 29.5 Å². The fraction of sp³-hybridized carbons (Fsp3) is 0.353. The highest BCUT2D eigenvalue weighted by molar-refractivity contribution is 5.85. The topological polar surface area (TPSA) is 70.2 Å². The number of aromatic nitrogens is 2. The third-order valence-corrected chi connectivity index (χ3v) is 4.20. The Kier molecular flexibility index (Phi) is 4.71. The van der Waals surface area contributed by atoms with Crippen LogP contribution in [0.3, 0.4) is 0 Å². The van der Waals surface area contributed by atoms with Crippen LogP contribution in [0.5, 0.6) is 0 Å². The zero-order valence-corrected chi connectivity index (χ0v) is 13.2. The van der Waals surface area contributed by atoms with Gasteiger partial charge in [0, 0.05) is 25.4 Å². The van der Waals surface area contributed by atoms with Crippen molar-refractivity contribution in [3.05, 3.63) is 36.8 Å². The van der Waals surface area contributed by atoms with E-state index in [4.69, 9.17) is 0 Å². The second-order valence-electron chi connectivity index (χ2n) is 5.65. The molecule has 0 aromatic carbocycles. The minimum absolute atomic E-state index is 0.272. The van der Waals surface area contributed by atoms with Gasteiger partial charge in [0.1, 0.15) is 5.82 Å². The first-order valence-corrected chi connectivity index (χ1v) is 7.90. The molecule has 0 aliphatic heterocycles. The monoisotopic (exact) mass is 311 g/mol. The Hall–Kier alpha value is -2.63. The molecule has 2 heterocycles. The molecule has 0 atom stereocenters. The van der Waals surface area contributed by atoms with Gasteiger partial charge in [0.2, 0.25) is 6.41 Å². The van der Waals surface area contributed by atoms with Crippen molar-refractivity contribution in [1.29, 1.82) is 0 Å². The molecule has 1 amide bonds. The van der Waals surface area contributed by atoms with Gasteiger partial charge in [-0.3, -0.25) is 9.78 Å². The molecule has 120 valence electrons. The summed E-state index contributed by atoms with van der Waals surface area (Å²) >= 11 is 0. The molecule has 6 heteroatoms. The van der Waals surface area contributed by atoms with Gasteiger partial charge in [-0.15, -0.1) is 0 Å². The molecule has 3 rings (SSSR count). The Morgan fingerprint density at radius 3 is 2.78 bits per heavy atom. The average molecular weight is 311 g/mol. The third-order valence-electron chi connectivity index (χ3n) is 4.20. The van der Waals surface area contributed by atoms with Gasteiger partial charge in [0.05, 0.1) is 29.5 Å². The van der Waals surface area contributed by atoms with E-state index >= 15 is 0 Å². The second kappa shape index (κ2) is 7.09. The zero-order valence-electron chi connectivity index (χ0n) is 13.2. The molecule has 0 spiro atoms. The predicted molar refractivity (Wildman–Crippen MR) is 92.1 cm³/mol. The molecule has 2 aromatic rings. The molecular formula is C17H21N5O.